The summed E-state index contributed by atoms with van der Waals surface area (Å²) in [5.41, 5.74) is 3.67. The normalized spacial score (nSPS) is 22.6. The van der Waals surface area contributed by atoms with Gasteiger partial charge in [-0.2, -0.15) is 5.10 Å². The van der Waals surface area contributed by atoms with Crippen LogP contribution in [0.4, 0.5) is 5.82 Å². The molecule has 1 N–H and O–H groups in total. The van der Waals surface area contributed by atoms with Gasteiger partial charge in [0.1, 0.15) is 5.82 Å². The zero-order chi connectivity index (χ0) is 17.1. The van der Waals surface area contributed by atoms with Gasteiger partial charge in [0.25, 0.3) is 0 Å². The molecule has 0 bridgehead atoms. The average molecular weight is 382 g/mol. The number of halogens is 2. The lowest BCUT2D eigenvalue weighted by Crippen LogP contribution is -2.26. The first-order valence-corrected chi connectivity index (χ1v) is 9.93. The summed E-state index contributed by atoms with van der Waals surface area (Å²) in [7, 11) is 2.03. The lowest BCUT2D eigenvalue weighted by atomic mass is 10.0. The van der Waals surface area contributed by atoms with Crippen molar-refractivity contribution in [3.05, 3.63) is 45.1 Å². The van der Waals surface area contributed by atoms with Crippen molar-refractivity contribution < 1.29 is 0 Å². The molecule has 24 heavy (non-hydrogen) atoms. The molecule has 3 nitrogen and oxygen atoms in total. The van der Waals surface area contributed by atoms with Crippen molar-refractivity contribution in [3.63, 3.8) is 0 Å². The van der Waals surface area contributed by atoms with Gasteiger partial charge >= 0.3 is 0 Å². The second-order valence-corrected chi connectivity index (χ2v) is 9.98. The van der Waals surface area contributed by atoms with Crippen molar-refractivity contribution in [1.82, 2.24) is 9.78 Å². The van der Waals surface area contributed by atoms with Crippen molar-refractivity contribution in [3.8, 4) is 0 Å². The van der Waals surface area contributed by atoms with Crippen LogP contribution in [-0.4, -0.2) is 21.1 Å². The van der Waals surface area contributed by atoms with E-state index in [-0.39, 0.29) is 10.00 Å². The number of nitrogens with zero attached hydrogens (tertiary/aromatic N) is 2. The zero-order valence-electron chi connectivity index (χ0n) is 14.1. The number of rotatable bonds is 2. The van der Waals surface area contributed by atoms with E-state index in [1.165, 1.54) is 24.1 Å². The first kappa shape index (κ1) is 16.6. The minimum atomic E-state index is 0.0907. The van der Waals surface area contributed by atoms with E-state index < -0.39 is 0 Å². The van der Waals surface area contributed by atoms with Crippen LogP contribution in [0.3, 0.4) is 0 Å². The molecular formula is C18H21Cl2N3S. The number of fused-ring (bicyclic) bond motifs is 1. The molecule has 0 saturated heterocycles. The number of nitrogens with one attached hydrogen (secondary N) is 1. The van der Waals surface area contributed by atoms with E-state index >= 15 is 0 Å². The van der Waals surface area contributed by atoms with E-state index in [0.717, 1.165) is 22.9 Å². The van der Waals surface area contributed by atoms with Crippen LogP contribution in [0.25, 0.3) is 0 Å². The average Bonchev–Trinajstić information content (AvgIpc) is 3.29. The molecule has 1 aromatic carbocycles. The zero-order valence-corrected chi connectivity index (χ0v) is 16.4. The highest BCUT2D eigenvalue weighted by Gasteiger charge is 2.40. The summed E-state index contributed by atoms with van der Waals surface area (Å²) in [6, 6.07) is 5.84. The molecule has 4 rings (SSSR count). The molecule has 0 radical (unpaired) electrons. The van der Waals surface area contributed by atoms with Gasteiger partial charge in [0.2, 0.25) is 0 Å². The van der Waals surface area contributed by atoms with E-state index in [9.17, 15) is 0 Å². The largest absolute Gasteiger partial charge is 0.369 e. The van der Waals surface area contributed by atoms with Gasteiger partial charge in [0, 0.05) is 39.9 Å². The number of anilines is 1. The fourth-order valence-corrected chi connectivity index (χ4v) is 5.40. The Morgan fingerprint density at radius 1 is 1.29 bits per heavy atom. The van der Waals surface area contributed by atoms with E-state index in [1.54, 1.807) is 0 Å². The highest BCUT2D eigenvalue weighted by Crippen LogP contribution is 2.54. The predicted octanol–water partition coefficient (Wildman–Crippen LogP) is 5.63. The summed E-state index contributed by atoms with van der Waals surface area (Å²) in [4.78, 5) is 0. The molecular weight excluding hydrogens is 361 g/mol. The predicted molar refractivity (Wildman–Crippen MR) is 104 cm³/mol. The van der Waals surface area contributed by atoms with Crippen molar-refractivity contribution in [2.45, 2.75) is 42.6 Å². The smallest absolute Gasteiger partial charge is 0.128 e. The van der Waals surface area contributed by atoms with Crippen molar-refractivity contribution in [2.75, 3.05) is 11.9 Å². The van der Waals surface area contributed by atoms with Crippen LogP contribution in [0.2, 0.25) is 10.0 Å². The van der Waals surface area contributed by atoms with E-state index in [2.05, 4.69) is 25.2 Å². The monoisotopic (exact) mass is 381 g/mol. The van der Waals surface area contributed by atoms with Crippen molar-refractivity contribution in [2.24, 2.45) is 7.05 Å². The number of thioether (sulfide) groups is 1. The van der Waals surface area contributed by atoms with Crippen LogP contribution < -0.4 is 5.32 Å². The number of benzene rings is 1. The fourth-order valence-electron chi connectivity index (χ4n) is 3.34. The van der Waals surface area contributed by atoms with Crippen LogP contribution in [0.15, 0.2) is 18.2 Å². The van der Waals surface area contributed by atoms with Gasteiger partial charge in [-0.3, -0.25) is 4.68 Å². The molecule has 1 aromatic heterocycles. The SMILES string of the molecule is Cn1nc(C2CC2)c2c1NCC(C)(C)SC2c1ccc(Cl)cc1Cl. The highest BCUT2D eigenvalue weighted by atomic mass is 35.5. The Hall–Kier alpha value is -0.840. The Labute approximate surface area is 157 Å². The Kier molecular flexibility index (Phi) is 4.06. The van der Waals surface area contributed by atoms with Crippen molar-refractivity contribution >= 4 is 40.8 Å². The molecule has 0 amide bonds. The van der Waals surface area contributed by atoms with E-state index in [0.29, 0.717) is 10.9 Å². The quantitative estimate of drug-likeness (QED) is 0.730. The lowest BCUT2D eigenvalue weighted by Gasteiger charge is -2.27. The van der Waals surface area contributed by atoms with Gasteiger partial charge in [-0.1, -0.05) is 29.3 Å². The second kappa shape index (κ2) is 5.86. The number of hydrogen-bond donors (Lipinski definition) is 1. The van der Waals surface area contributed by atoms with Gasteiger partial charge in [-0.05, 0) is 44.4 Å². The third kappa shape index (κ3) is 2.93. The molecule has 2 aromatic rings. The van der Waals surface area contributed by atoms with Crippen LogP contribution in [-0.2, 0) is 7.05 Å². The Balaban J connectivity index is 1.90. The number of hydrogen-bond acceptors (Lipinski definition) is 3. The summed E-state index contributed by atoms with van der Waals surface area (Å²) in [6.45, 7) is 5.45. The van der Waals surface area contributed by atoms with Crippen molar-refractivity contribution in [1.29, 1.82) is 0 Å². The topological polar surface area (TPSA) is 29.9 Å². The molecule has 0 spiro atoms. The first-order valence-electron chi connectivity index (χ1n) is 8.29. The maximum Gasteiger partial charge on any atom is 0.128 e. The molecule has 2 heterocycles. The molecule has 1 unspecified atom stereocenters. The fraction of sp³-hybridized carbons (Fsp3) is 0.500. The van der Waals surface area contributed by atoms with E-state index in [1.807, 2.05) is 35.6 Å². The van der Waals surface area contributed by atoms with E-state index in [4.69, 9.17) is 28.3 Å². The summed E-state index contributed by atoms with van der Waals surface area (Å²) < 4.78 is 2.09. The Morgan fingerprint density at radius 2 is 2.04 bits per heavy atom. The van der Waals surface area contributed by atoms with Gasteiger partial charge < -0.3 is 5.32 Å². The van der Waals surface area contributed by atoms with Gasteiger partial charge in [0.05, 0.1) is 10.9 Å². The van der Waals surface area contributed by atoms with Crippen LogP contribution >= 0.6 is 35.0 Å². The minimum absolute atomic E-state index is 0.0907. The molecule has 1 aliphatic heterocycles. The van der Waals surface area contributed by atoms with Gasteiger partial charge in [-0.25, -0.2) is 0 Å². The Morgan fingerprint density at radius 3 is 2.71 bits per heavy atom. The van der Waals surface area contributed by atoms with Crippen LogP contribution in [0, 0.1) is 0 Å². The van der Waals surface area contributed by atoms with Crippen LogP contribution in [0.1, 0.15) is 54.7 Å². The summed E-state index contributed by atoms with van der Waals surface area (Å²) in [5.74, 6) is 1.73. The minimum Gasteiger partial charge on any atom is -0.369 e. The number of aromatic nitrogens is 2. The standard InChI is InChI=1S/C18H21Cl2N3S/c1-18(2)9-21-17-14(15(10-4-5-10)22-23(17)3)16(24-18)12-7-6-11(19)8-13(12)20/h6-8,10,16,21H,4-5,9H2,1-3H3. The molecule has 1 saturated carbocycles. The summed E-state index contributed by atoms with van der Waals surface area (Å²) >= 11 is 14.7. The molecule has 6 heteroatoms. The molecule has 1 fully saturated rings. The molecule has 2 aliphatic rings. The highest BCUT2D eigenvalue weighted by molar-refractivity contribution is 8.01. The lowest BCUT2D eigenvalue weighted by molar-refractivity contribution is 0.716. The first-order chi connectivity index (χ1) is 11.4. The number of aryl methyl sites for hydroxylation is 1. The Bertz CT molecular complexity index is 796. The van der Waals surface area contributed by atoms with Crippen LogP contribution in [0.5, 0.6) is 0 Å². The maximum absolute atomic E-state index is 6.58. The third-order valence-corrected chi connectivity index (χ3v) is 6.77. The molecule has 1 atom stereocenters. The van der Waals surface area contributed by atoms with Gasteiger partial charge in [0.15, 0.2) is 0 Å². The maximum atomic E-state index is 6.58. The van der Waals surface area contributed by atoms with Gasteiger partial charge in [-0.15, -0.1) is 11.8 Å². The summed E-state index contributed by atoms with van der Waals surface area (Å²) in [5, 5.41) is 10.0. The summed E-state index contributed by atoms with van der Waals surface area (Å²) in [6.07, 6.45) is 2.47. The third-order valence-electron chi connectivity index (χ3n) is 4.70. The second-order valence-electron chi connectivity index (χ2n) is 7.32. The molecule has 1 aliphatic carbocycles. The molecule has 128 valence electrons.